The minimum Gasteiger partial charge on any atom is -0.374 e. The Labute approximate surface area is 96.8 Å². The molecule has 0 aromatic carbocycles. The van der Waals surface area contributed by atoms with Crippen LogP contribution in [0.2, 0.25) is 0 Å². The Morgan fingerprint density at radius 2 is 2.40 bits per heavy atom. The molecule has 0 bridgehead atoms. The van der Waals surface area contributed by atoms with Gasteiger partial charge < -0.3 is 11.1 Å². The maximum Gasteiger partial charge on any atom is 0.230 e. The topological polar surface area (TPSA) is 80.9 Å². The second-order valence-corrected chi connectivity index (χ2v) is 5.30. The van der Waals surface area contributed by atoms with Crippen LogP contribution in [0.15, 0.2) is 4.34 Å². The van der Waals surface area contributed by atoms with E-state index in [0.717, 1.165) is 10.8 Å². The maximum absolute atomic E-state index is 11.4. The highest BCUT2D eigenvalue weighted by molar-refractivity contribution is 8.01. The van der Waals surface area contributed by atoms with E-state index < -0.39 is 0 Å². The summed E-state index contributed by atoms with van der Waals surface area (Å²) in [7, 11) is 0. The van der Waals surface area contributed by atoms with Gasteiger partial charge in [0.05, 0.1) is 5.75 Å². The first kappa shape index (κ1) is 12.3. The third-order valence-corrected chi connectivity index (χ3v) is 3.65. The van der Waals surface area contributed by atoms with Crippen LogP contribution >= 0.6 is 23.1 Å². The van der Waals surface area contributed by atoms with Gasteiger partial charge in [0.25, 0.3) is 0 Å². The lowest BCUT2D eigenvalue weighted by atomic mass is 10.3. The number of nitrogens with one attached hydrogen (secondary N) is 1. The average molecular weight is 246 g/mol. The number of nitrogens with two attached hydrogens (primary N) is 1. The second-order valence-electron chi connectivity index (χ2n) is 3.07. The molecular formula is C8H14N4OS2. The van der Waals surface area contributed by atoms with Gasteiger partial charge in [0.2, 0.25) is 11.0 Å². The van der Waals surface area contributed by atoms with Crippen molar-refractivity contribution in [2.75, 3.05) is 11.5 Å². The number of thioether (sulfide) groups is 1. The van der Waals surface area contributed by atoms with Crippen LogP contribution in [0, 0.1) is 0 Å². The molecule has 1 heterocycles. The van der Waals surface area contributed by atoms with E-state index in [1.807, 2.05) is 13.8 Å². The van der Waals surface area contributed by atoms with E-state index in [2.05, 4.69) is 15.5 Å². The molecule has 15 heavy (non-hydrogen) atoms. The molecule has 0 aliphatic carbocycles. The highest BCUT2D eigenvalue weighted by Crippen LogP contribution is 2.22. The number of rotatable bonds is 5. The largest absolute Gasteiger partial charge is 0.374 e. The molecule has 0 spiro atoms. The van der Waals surface area contributed by atoms with E-state index in [1.165, 1.54) is 23.1 Å². The molecule has 0 saturated carbocycles. The summed E-state index contributed by atoms with van der Waals surface area (Å²) < 4.78 is 0.729. The molecular weight excluding hydrogens is 232 g/mol. The van der Waals surface area contributed by atoms with Gasteiger partial charge in [-0.15, -0.1) is 10.2 Å². The second kappa shape index (κ2) is 5.92. The molecule has 1 amide bonds. The number of carbonyl (C=O) groups excluding carboxylic acids is 1. The van der Waals surface area contributed by atoms with E-state index in [9.17, 15) is 4.79 Å². The van der Waals surface area contributed by atoms with Crippen molar-refractivity contribution in [1.82, 2.24) is 15.5 Å². The molecule has 3 N–H and O–H groups in total. The van der Waals surface area contributed by atoms with Crippen LogP contribution in [0.1, 0.15) is 20.3 Å². The van der Waals surface area contributed by atoms with Crippen molar-refractivity contribution in [3.8, 4) is 0 Å². The summed E-state index contributed by atoms with van der Waals surface area (Å²) in [5.41, 5.74) is 5.42. The zero-order valence-corrected chi connectivity index (χ0v) is 10.3. The molecule has 1 rings (SSSR count). The summed E-state index contributed by atoms with van der Waals surface area (Å²) in [4.78, 5) is 11.4. The quantitative estimate of drug-likeness (QED) is 0.761. The van der Waals surface area contributed by atoms with Crippen molar-refractivity contribution >= 4 is 34.1 Å². The van der Waals surface area contributed by atoms with Crippen LogP contribution in [0.25, 0.3) is 0 Å². The molecule has 84 valence electrons. The van der Waals surface area contributed by atoms with E-state index in [-0.39, 0.29) is 11.9 Å². The molecule has 1 atom stereocenters. The zero-order valence-electron chi connectivity index (χ0n) is 8.69. The van der Waals surface area contributed by atoms with E-state index >= 15 is 0 Å². The van der Waals surface area contributed by atoms with Crippen molar-refractivity contribution < 1.29 is 4.79 Å². The summed E-state index contributed by atoms with van der Waals surface area (Å²) >= 11 is 2.65. The first-order chi connectivity index (χ1) is 7.11. The van der Waals surface area contributed by atoms with Gasteiger partial charge in [0, 0.05) is 6.04 Å². The monoisotopic (exact) mass is 246 g/mol. The molecule has 0 saturated heterocycles. The summed E-state index contributed by atoms with van der Waals surface area (Å²) in [6.45, 7) is 4.01. The van der Waals surface area contributed by atoms with Crippen LogP contribution in [-0.2, 0) is 4.79 Å². The fraction of sp³-hybridized carbons (Fsp3) is 0.625. The lowest BCUT2D eigenvalue weighted by molar-refractivity contribution is -0.119. The summed E-state index contributed by atoms with van der Waals surface area (Å²) in [6, 6.07) is 0.220. The van der Waals surface area contributed by atoms with Gasteiger partial charge in [-0.3, -0.25) is 4.79 Å². The van der Waals surface area contributed by atoms with Gasteiger partial charge in [0.15, 0.2) is 4.34 Å². The molecule has 0 aliphatic heterocycles. The summed E-state index contributed by atoms with van der Waals surface area (Å²) in [5.74, 6) is 0.377. The number of amides is 1. The Morgan fingerprint density at radius 3 is 2.93 bits per heavy atom. The molecule has 0 radical (unpaired) electrons. The first-order valence-electron chi connectivity index (χ1n) is 4.63. The fourth-order valence-electron chi connectivity index (χ4n) is 0.825. The van der Waals surface area contributed by atoms with Crippen LogP contribution in [0.3, 0.4) is 0 Å². The maximum atomic E-state index is 11.4. The number of carbonyl (C=O) groups is 1. The Hall–Kier alpha value is -0.820. The van der Waals surface area contributed by atoms with Crippen molar-refractivity contribution in [2.24, 2.45) is 0 Å². The van der Waals surface area contributed by atoms with Crippen molar-refractivity contribution in [3.05, 3.63) is 0 Å². The predicted octanol–water partition coefficient (Wildman–Crippen LogP) is 1.13. The lowest BCUT2D eigenvalue weighted by Gasteiger charge is -2.09. The van der Waals surface area contributed by atoms with Gasteiger partial charge in [-0.1, -0.05) is 30.0 Å². The summed E-state index contributed by atoms with van der Waals surface area (Å²) in [5, 5.41) is 10.8. The van der Waals surface area contributed by atoms with Crippen LogP contribution in [0.5, 0.6) is 0 Å². The Bertz CT molecular complexity index is 328. The number of nitrogen functional groups attached to an aromatic ring is 1. The molecule has 1 aromatic heterocycles. The molecule has 0 aliphatic rings. The highest BCUT2D eigenvalue weighted by atomic mass is 32.2. The van der Waals surface area contributed by atoms with Crippen molar-refractivity contribution in [1.29, 1.82) is 0 Å². The highest BCUT2D eigenvalue weighted by Gasteiger charge is 2.08. The van der Waals surface area contributed by atoms with E-state index in [4.69, 9.17) is 5.73 Å². The van der Waals surface area contributed by atoms with Gasteiger partial charge in [-0.25, -0.2) is 0 Å². The smallest absolute Gasteiger partial charge is 0.230 e. The molecule has 1 aromatic rings. The molecule has 0 unspecified atom stereocenters. The number of hydrogen-bond acceptors (Lipinski definition) is 6. The fourth-order valence-corrected chi connectivity index (χ4v) is 2.27. The Morgan fingerprint density at radius 1 is 1.67 bits per heavy atom. The Balaban J connectivity index is 2.28. The third kappa shape index (κ3) is 4.48. The van der Waals surface area contributed by atoms with Crippen molar-refractivity contribution in [3.63, 3.8) is 0 Å². The first-order valence-corrected chi connectivity index (χ1v) is 6.43. The van der Waals surface area contributed by atoms with Crippen LogP contribution in [-0.4, -0.2) is 27.9 Å². The van der Waals surface area contributed by atoms with Crippen molar-refractivity contribution in [2.45, 2.75) is 30.6 Å². The van der Waals surface area contributed by atoms with Gasteiger partial charge in [-0.2, -0.15) is 0 Å². The van der Waals surface area contributed by atoms with Crippen LogP contribution in [0.4, 0.5) is 5.13 Å². The number of anilines is 1. The molecule has 0 fully saturated rings. The van der Waals surface area contributed by atoms with Gasteiger partial charge in [0.1, 0.15) is 0 Å². The standard InChI is InChI=1S/C8H14N4OS2/c1-3-5(2)10-6(13)4-14-8-12-11-7(9)15-8/h5H,3-4H2,1-2H3,(H2,9,11)(H,10,13)/t5-/m0/s1. The SMILES string of the molecule is CC[C@H](C)NC(=O)CSc1nnc(N)s1. The van der Waals surface area contributed by atoms with E-state index in [1.54, 1.807) is 0 Å². The van der Waals surface area contributed by atoms with E-state index in [0.29, 0.717) is 10.9 Å². The minimum atomic E-state index is 0.0168. The molecule has 7 heteroatoms. The number of hydrogen-bond donors (Lipinski definition) is 2. The van der Waals surface area contributed by atoms with Crippen LogP contribution < -0.4 is 11.1 Å². The summed E-state index contributed by atoms with van der Waals surface area (Å²) in [6.07, 6.45) is 0.933. The predicted molar refractivity (Wildman–Crippen MR) is 62.9 cm³/mol. The number of aromatic nitrogens is 2. The van der Waals surface area contributed by atoms with Gasteiger partial charge in [-0.05, 0) is 13.3 Å². The normalized spacial score (nSPS) is 12.4. The van der Waals surface area contributed by atoms with Gasteiger partial charge >= 0.3 is 0 Å². The molecule has 5 nitrogen and oxygen atoms in total. The zero-order chi connectivity index (χ0) is 11.3. The minimum absolute atomic E-state index is 0.0168. The lowest BCUT2D eigenvalue weighted by Crippen LogP contribution is -2.33. The number of nitrogens with zero attached hydrogens (tertiary/aromatic N) is 2. The third-order valence-electron chi connectivity index (χ3n) is 1.77. The Kier molecular flexibility index (Phi) is 4.83. The average Bonchev–Trinajstić information content (AvgIpc) is 2.61.